The fourth-order valence-corrected chi connectivity index (χ4v) is 2.05. The van der Waals surface area contributed by atoms with Crippen molar-refractivity contribution in [1.29, 1.82) is 0 Å². The van der Waals surface area contributed by atoms with E-state index in [1.54, 1.807) is 6.07 Å². The van der Waals surface area contributed by atoms with Crippen LogP contribution in [0.3, 0.4) is 0 Å². The first kappa shape index (κ1) is 13.6. The Morgan fingerprint density at radius 1 is 1.31 bits per heavy atom. The van der Waals surface area contributed by atoms with E-state index in [9.17, 15) is 0 Å². The average Bonchev–Trinajstić information content (AvgIpc) is 2.24. The van der Waals surface area contributed by atoms with Crippen LogP contribution in [-0.2, 0) is 6.42 Å². The number of halogens is 2. The van der Waals surface area contributed by atoms with Crippen LogP contribution in [0.25, 0.3) is 0 Å². The van der Waals surface area contributed by atoms with Gasteiger partial charge in [-0.05, 0) is 43.5 Å². The first-order chi connectivity index (χ1) is 7.69. The molecule has 0 bridgehead atoms. The minimum Gasteiger partial charge on any atom is -0.492 e. The fourth-order valence-electron chi connectivity index (χ4n) is 1.46. The molecule has 0 amide bonds. The fraction of sp³-hybridized carbons (Fsp3) is 0.500. The molecule has 0 fully saturated rings. The molecule has 1 aromatic rings. The van der Waals surface area contributed by atoms with Crippen LogP contribution >= 0.6 is 23.2 Å². The van der Waals surface area contributed by atoms with Crippen LogP contribution in [0.1, 0.15) is 25.3 Å². The van der Waals surface area contributed by atoms with Crippen molar-refractivity contribution in [2.45, 2.75) is 26.2 Å². The second-order valence-corrected chi connectivity index (χ2v) is 4.46. The van der Waals surface area contributed by atoms with Gasteiger partial charge in [-0.3, -0.25) is 0 Å². The largest absolute Gasteiger partial charge is 0.492 e. The molecule has 2 nitrogen and oxygen atoms in total. The Balaban J connectivity index is 2.91. The number of nitrogens with two attached hydrogens (primary N) is 1. The van der Waals surface area contributed by atoms with Crippen LogP contribution in [0, 0.1) is 0 Å². The molecule has 0 aliphatic carbocycles. The summed E-state index contributed by atoms with van der Waals surface area (Å²) in [4.78, 5) is 0. The van der Waals surface area contributed by atoms with Gasteiger partial charge in [0.05, 0.1) is 11.6 Å². The third kappa shape index (κ3) is 3.85. The molecule has 0 aliphatic rings. The number of aryl methyl sites for hydroxylation is 1. The Morgan fingerprint density at radius 3 is 2.69 bits per heavy atom. The lowest BCUT2D eigenvalue weighted by Crippen LogP contribution is -2.04. The van der Waals surface area contributed by atoms with Gasteiger partial charge in [0.15, 0.2) is 0 Å². The number of hydrogen-bond acceptors (Lipinski definition) is 2. The molecule has 0 aromatic heterocycles. The Morgan fingerprint density at radius 2 is 2.06 bits per heavy atom. The molecule has 0 saturated heterocycles. The Bertz CT molecular complexity index is 342. The van der Waals surface area contributed by atoms with E-state index in [2.05, 4.69) is 6.92 Å². The molecule has 1 aromatic carbocycles. The van der Waals surface area contributed by atoms with Gasteiger partial charge < -0.3 is 10.5 Å². The van der Waals surface area contributed by atoms with Crippen LogP contribution in [-0.4, -0.2) is 13.2 Å². The molecule has 0 saturated carbocycles. The lowest BCUT2D eigenvalue weighted by Gasteiger charge is -2.13. The highest BCUT2D eigenvalue weighted by atomic mass is 35.5. The van der Waals surface area contributed by atoms with Gasteiger partial charge in [0.2, 0.25) is 0 Å². The van der Waals surface area contributed by atoms with Crippen molar-refractivity contribution < 1.29 is 4.74 Å². The molecule has 0 unspecified atom stereocenters. The summed E-state index contributed by atoms with van der Waals surface area (Å²) in [6.07, 6.45) is 2.70. The molecule has 0 spiro atoms. The normalized spacial score (nSPS) is 10.5. The third-order valence-corrected chi connectivity index (χ3v) is 2.69. The van der Waals surface area contributed by atoms with Crippen LogP contribution in [0.2, 0.25) is 10.0 Å². The van der Waals surface area contributed by atoms with Crippen LogP contribution < -0.4 is 10.5 Å². The predicted molar refractivity (Wildman–Crippen MR) is 69.6 cm³/mol. The van der Waals surface area contributed by atoms with E-state index in [0.717, 1.165) is 30.6 Å². The van der Waals surface area contributed by atoms with E-state index in [1.165, 1.54) is 0 Å². The summed E-state index contributed by atoms with van der Waals surface area (Å²) in [7, 11) is 0. The lowest BCUT2D eigenvalue weighted by molar-refractivity contribution is 0.314. The highest BCUT2D eigenvalue weighted by molar-refractivity contribution is 6.35. The number of ether oxygens (including phenoxy) is 1. The summed E-state index contributed by atoms with van der Waals surface area (Å²) in [5.74, 6) is 0.751. The van der Waals surface area contributed by atoms with Gasteiger partial charge in [-0.1, -0.05) is 30.1 Å². The highest BCUT2D eigenvalue weighted by Crippen LogP contribution is 2.33. The molecule has 0 heterocycles. The van der Waals surface area contributed by atoms with Crippen molar-refractivity contribution in [3.8, 4) is 5.75 Å². The van der Waals surface area contributed by atoms with E-state index in [0.29, 0.717) is 23.2 Å². The van der Waals surface area contributed by atoms with E-state index in [1.807, 2.05) is 6.07 Å². The van der Waals surface area contributed by atoms with Crippen molar-refractivity contribution in [2.24, 2.45) is 5.73 Å². The Labute approximate surface area is 107 Å². The summed E-state index contributed by atoms with van der Waals surface area (Å²) in [6.45, 7) is 3.37. The third-order valence-electron chi connectivity index (χ3n) is 2.19. The van der Waals surface area contributed by atoms with Gasteiger partial charge in [0, 0.05) is 5.02 Å². The molecule has 90 valence electrons. The van der Waals surface area contributed by atoms with Crippen LogP contribution in [0.15, 0.2) is 12.1 Å². The number of rotatable bonds is 6. The Hall–Kier alpha value is -0.440. The van der Waals surface area contributed by atoms with E-state index >= 15 is 0 Å². The van der Waals surface area contributed by atoms with Crippen LogP contribution in [0.4, 0.5) is 0 Å². The molecule has 0 aliphatic heterocycles. The molecule has 16 heavy (non-hydrogen) atoms. The molecule has 1 rings (SSSR count). The quantitative estimate of drug-likeness (QED) is 0.848. The molecule has 2 N–H and O–H groups in total. The van der Waals surface area contributed by atoms with Crippen molar-refractivity contribution in [3.05, 3.63) is 27.7 Å². The zero-order valence-corrected chi connectivity index (χ0v) is 10.9. The number of hydrogen-bond donors (Lipinski definition) is 1. The summed E-state index contributed by atoms with van der Waals surface area (Å²) in [5.41, 5.74) is 6.53. The smallest absolute Gasteiger partial charge is 0.141 e. The second-order valence-electron chi connectivity index (χ2n) is 3.62. The van der Waals surface area contributed by atoms with Crippen molar-refractivity contribution >= 4 is 23.2 Å². The maximum atomic E-state index is 6.11. The average molecular weight is 262 g/mol. The van der Waals surface area contributed by atoms with Gasteiger partial charge in [0.25, 0.3) is 0 Å². The minimum atomic E-state index is 0.577. The van der Waals surface area contributed by atoms with Crippen LogP contribution in [0.5, 0.6) is 5.75 Å². The van der Waals surface area contributed by atoms with Crippen molar-refractivity contribution in [2.75, 3.05) is 13.2 Å². The van der Waals surface area contributed by atoms with Gasteiger partial charge in [-0.15, -0.1) is 0 Å². The maximum absolute atomic E-state index is 6.11. The highest BCUT2D eigenvalue weighted by Gasteiger charge is 2.10. The molecular weight excluding hydrogens is 245 g/mol. The van der Waals surface area contributed by atoms with Gasteiger partial charge in [0.1, 0.15) is 5.75 Å². The zero-order valence-electron chi connectivity index (χ0n) is 9.43. The summed E-state index contributed by atoms with van der Waals surface area (Å²) < 4.78 is 5.64. The van der Waals surface area contributed by atoms with Crippen molar-refractivity contribution in [1.82, 2.24) is 0 Å². The summed E-state index contributed by atoms with van der Waals surface area (Å²) in [5, 5.41) is 1.22. The molecule has 4 heteroatoms. The van der Waals surface area contributed by atoms with E-state index < -0.39 is 0 Å². The second kappa shape index (κ2) is 7.00. The van der Waals surface area contributed by atoms with Gasteiger partial charge in [-0.2, -0.15) is 0 Å². The predicted octanol–water partition coefficient (Wildman–Crippen LogP) is 3.67. The lowest BCUT2D eigenvalue weighted by atomic mass is 10.1. The minimum absolute atomic E-state index is 0.577. The van der Waals surface area contributed by atoms with Crippen molar-refractivity contribution in [3.63, 3.8) is 0 Å². The number of benzene rings is 1. The SMILES string of the molecule is CCCOc1c(Cl)cc(Cl)cc1CCCN. The molecule has 0 radical (unpaired) electrons. The summed E-state index contributed by atoms with van der Waals surface area (Å²) in [6, 6.07) is 3.61. The summed E-state index contributed by atoms with van der Waals surface area (Å²) >= 11 is 12.1. The van der Waals surface area contributed by atoms with E-state index in [-0.39, 0.29) is 0 Å². The topological polar surface area (TPSA) is 35.2 Å². The monoisotopic (exact) mass is 261 g/mol. The van der Waals surface area contributed by atoms with E-state index in [4.69, 9.17) is 33.7 Å². The standard InChI is InChI=1S/C12H17Cl2NO/c1-2-6-16-12-9(4-3-5-15)7-10(13)8-11(12)14/h7-8H,2-6,15H2,1H3. The van der Waals surface area contributed by atoms with Gasteiger partial charge >= 0.3 is 0 Å². The molecule has 0 atom stereocenters. The van der Waals surface area contributed by atoms with Gasteiger partial charge in [-0.25, -0.2) is 0 Å². The maximum Gasteiger partial charge on any atom is 0.141 e. The Kier molecular flexibility index (Phi) is 5.96. The molecular formula is C12H17Cl2NO. The first-order valence-electron chi connectivity index (χ1n) is 5.49. The first-order valence-corrected chi connectivity index (χ1v) is 6.25. The zero-order chi connectivity index (χ0) is 12.0.